The minimum atomic E-state index is -0.126. The molecule has 2 rings (SSSR count). The highest BCUT2D eigenvalue weighted by molar-refractivity contribution is 5.98. The Labute approximate surface area is 154 Å². The Hall–Kier alpha value is -2.82. The van der Waals surface area contributed by atoms with E-state index in [0.717, 1.165) is 17.1 Å². The summed E-state index contributed by atoms with van der Waals surface area (Å²) in [5, 5.41) is 2.85. The third-order valence-electron chi connectivity index (χ3n) is 3.98. The van der Waals surface area contributed by atoms with Gasteiger partial charge in [-0.25, -0.2) is 0 Å². The third kappa shape index (κ3) is 5.92. The van der Waals surface area contributed by atoms with Gasteiger partial charge in [0.25, 0.3) is 0 Å². The molecule has 0 spiro atoms. The number of methoxy groups -OCH3 is 1. The fraction of sp³-hybridized carbons (Fsp3) is 0.333. The van der Waals surface area contributed by atoms with E-state index >= 15 is 0 Å². The van der Waals surface area contributed by atoms with E-state index in [1.54, 1.807) is 31.4 Å². The van der Waals surface area contributed by atoms with E-state index in [9.17, 15) is 9.59 Å². The molecule has 0 unspecified atom stereocenters. The normalized spacial score (nSPS) is 10.2. The SMILES string of the molecule is CCOc1ccc(C(=O)CCC(=O)NCCc2ccccc2OC)cc1. The molecule has 2 aromatic rings. The summed E-state index contributed by atoms with van der Waals surface area (Å²) in [5.74, 6) is 1.37. The van der Waals surface area contributed by atoms with Crippen molar-refractivity contribution in [2.24, 2.45) is 0 Å². The number of amides is 1. The number of para-hydroxylation sites is 1. The van der Waals surface area contributed by atoms with Crippen molar-refractivity contribution < 1.29 is 19.1 Å². The molecule has 5 heteroatoms. The predicted molar refractivity (Wildman–Crippen MR) is 101 cm³/mol. The maximum Gasteiger partial charge on any atom is 0.220 e. The monoisotopic (exact) mass is 355 g/mol. The van der Waals surface area contributed by atoms with Gasteiger partial charge in [0.1, 0.15) is 11.5 Å². The highest BCUT2D eigenvalue weighted by Gasteiger charge is 2.10. The van der Waals surface area contributed by atoms with Crippen LogP contribution in [0.5, 0.6) is 11.5 Å². The molecule has 0 aliphatic rings. The number of rotatable bonds is 10. The summed E-state index contributed by atoms with van der Waals surface area (Å²) >= 11 is 0. The van der Waals surface area contributed by atoms with Gasteiger partial charge in [-0.05, 0) is 49.2 Å². The van der Waals surface area contributed by atoms with Gasteiger partial charge in [-0.3, -0.25) is 9.59 Å². The van der Waals surface area contributed by atoms with E-state index in [1.165, 1.54) is 0 Å². The lowest BCUT2D eigenvalue weighted by atomic mass is 10.1. The molecular weight excluding hydrogens is 330 g/mol. The topological polar surface area (TPSA) is 64.6 Å². The van der Waals surface area contributed by atoms with Crippen LogP contribution < -0.4 is 14.8 Å². The lowest BCUT2D eigenvalue weighted by Gasteiger charge is -2.09. The molecule has 1 N–H and O–H groups in total. The number of hydrogen-bond acceptors (Lipinski definition) is 4. The van der Waals surface area contributed by atoms with Crippen LogP contribution in [0.3, 0.4) is 0 Å². The minimum absolute atomic E-state index is 0.0482. The highest BCUT2D eigenvalue weighted by atomic mass is 16.5. The van der Waals surface area contributed by atoms with Gasteiger partial charge in [0.05, 0.1) is 13.7 Å². The maximum atomic E-state index is 12.2. The molecule has 0 heterocycles. The van der Waals surface area contributed by atoms with Crippen LogP contribution in [0.1, 0.15) is 35.7 Å². The van der Waals surface area contributed by atoms with E-state index < -0.39 is 0 Å². The number of ketones is 1. The van der Waals surface area contributed by atoms with E-state index in [4.69, 9.17) is 9.47 Å². The molecule has 0 saturated carbocycles. The minimum Gasteiger partial charge on any atom is -0.496 e. The van der Waals surface area contributed by atoms with Gasteiger partial charge < -0.3 is 14.8 Å². The van der Waals surface area contributed by atoms with Gasteiger partial charge in [-0.2, -0.15) is 0 Å². The third-order valence-corrected chi connectivity index (χ3v) is 3.98. The van der Waals surface area contributed by atoms with Crippen LogP contribution in [0, 0.1) is 0 Å². The first kappa shape index (κ1) is 19.5. The van der Waals surface area contributed by atoms with Crippen molar-refractivity contribution in [2.45, 2.75) is 26.2 Å². The average Bonchev–Trinajstić information content (AvgIpc) is 2.67. The van der Waals surface area contributed by atoms with Gasteiger partial charge in [0.2, 0.25) is 5.91 Å². The van der Waals surface area contributed by atoms with Gasteiger partial charge in [-0.1, -0.05) is 18.2 Å². The van der Waals surface area contributed by atoms with Gasteiger partial charge in [-0.15, -0.1) is 0 Å². The molecule has 0 radical (unpaired) electrons. The van der Waals surface area contributed by atoms with Crippen LogP contribution in [-0.2, 0) is 11.2 Å². The zero-order valence-electron chi connectivity index (χ0n) is 15.3. The Morgan fingerprint density at radius 2 is 1.73 bits per heavy atom. The lowest BCUT2D eigenvalue weighted by Crippen LogP contribution is -2.26. The Kier molecular flexibility index (Phi) is 7.68. The van der Waals surface area contributed by atoms with Crippen LogP contribution >= 0.6 is 0 Å². The van der Waals surface area contributed by atoms with Crippen LogP contribution in [0.4, 0.5) is 0 Å². The number of benzene rings is 2. The number of ether oxygens (including phenoxy) is 2. The van der Waals surface area contributed by atoms with E-state index in [0.29, 0.717) is 25.1 Å². The molecule has 1 amide bonds. The quantitative estimate of drug-likeness (QED) is 0.663. The molecule has 0 bridgehead atoms. The molecule has 0 fully saturated rings. The molecule has 0 aliphatic carbocycles. The van der Waals surface area contributed by atoms with Crippen molar-refractivity contribution in [2.75, 3.05) is 20.3 Å². The lowest BCUT2D eigenvalue weighted by molar-refractivity contribution is -0.121. The van der Waals surface area contributed by atoms with Crippen molar-refractivity contribution >= 4 is 11.7 Å². The molecule has 0 saturated heterocycles. The van der Waals surface area contributed by atoms with Crippen molar-refractivity contribution in [3.63, 3.8) is 0 Å². The first-order valence-electron chi connectivity index (χ1n) is 8.78. The Morgan fingerprint density at radius 3 is 2.42 bits per heavy atom. The van der Waals surface area contributed by atoms with E-state index in [1.807, 2.05) is 31.2 Å². The smallest absolute Gasteiger partial charge is 0.220 e. The van der Waals surface area contributed by atoms with Crippen molar-refractivity contribution in [3.8, 4) is 11.5 Å². The largest absolute Gasteiger partial charge is 0.496 e. The second-order valence-corrected chi connectivity index (χ2v) is 5.79. The summed E-state index contributed by atoms with van der Waals surface area (Å²) in [5.41, 5.74) is 1.64. The molecule has 5 nitrogen and oxygen atoms in total. The van der Waals surface area contributed by atoms with Crippen LogP contribution in [0.25, 0.3) is 0 Å². The molecule has 0 aliphatic heterocycles. The van der Waals surface area contributed by atoms with Crippen molar-refractivity contribution in [3.05, 3.63) is 59.7 Å². The number of Topliss-reactive ketones (excluding diaryl/α,β-unsaturated/α-hetero) is 1. The summed E-state index contributed by atoms with van der Waals surface area (Å²) in [6, 6.07) is 14.7. The van der Waals surface area contributed by atoms with Gasteiger partial charge in [0.15, 0.2) is 5.78 Å². The summed E-state index contributed by atoms with van der Waals surface area (Å²) in [4.78, 5) is 24.1. The Balaban J connectivity index is 1.73. The molecular formula is C21H25NO4. The van der Waals surface area contributed by atoms with E-state index in [2.05, 4.69) is 5.32 Å². The number of carbonyl (C=O) groups is 2. The second kappa shape index (κ2) is 10.2. The summed E-state index contributed by atoms with van der Waals surface area (Å²) < 4.78 is 10.6. The second-order valence-electron chi connectivity index (χ2n) is 5.79. The molecule has 138 valence electrons. The standard InChI is InChI=1S/C21H25NO4/c1-3-26-18-10-8-16(9-11-18)19(23)12-13-21(24)22-15-14-17-6-4-5-7-20(17)25-2/h4-11H,3,12-15H2,1-2H3,(H,22,24). The number of nitrogens with one attached hydrogen (secondary N) is 1. The van der Waals surface area contributed by atoms with Gasteiger partial charge >= 0.3 is 0 Å². The number of hydrogen-bond donors (Lipinski definition) is 1. The first-order valence-corrected chi connectivity index (χ1v) is 8.78. The molecule has 0 atom stereocenters. The molecule has 0 aromatic heterocycles. The van der Waals surface area contributed by atoms with E-state index in [-0.39, 0.29) is 24.5 Å². The summed E-state index contributed by atoms with van der Waals surface area (Å²) in [6.45, 7) is 3.00. The number of carbonyl (C=O) groups excluding carboxylic acids is 2. The maximum absolute atomic E-state index is 12.2. The van der Waals surface area contributed by atoms with Crippen LogP contribution in [-0.4, -0.2) is 32.0 Å². The fourth-order valence-corrected chi connectivity index (χ4v) is 2.61. The van der Waals surface area contributed by atoms with Crippen molar-refractivity contribution in [1.29, 1.82) is 0 Å². The van der Waals surface area contributed by atoms with Crippen LogP contribution in [0.2, 0.25) is 0 Å². The Bertz CT molecular complexity index is 725. The Morgan fingerprint density at radius 1 is 1.00 bits per heavy atom. The highest BCUT2D eigenvalue weighted by Crippen LogP contribution is 2.17. The zero-order chi connectivity index (χ0) is 18.8. The van der Waals surface area contributed by atoms with Crippen LogP contribution in [0.15, 0.2) is 48.5 Å². The zero-order valence-corrected chi connectivity index (χ0v) is 15.3. The predicted octanol–water partition coefficient (Wildman–Crippen LogP) is 3.42. The first-order chi connectivity index (χ1) is 12.6. The summed E-state index contributed by atoms with van der Waals surface area (Å²) in [7, 11) is 1.63. The molecule has 26 heavy (non-hydrogen) atoms. The van der Waals surface area contributed by atoms with Gasteiger partial charge in [0, 0.05) is 24.9 Å². The summed E-state index contributed by atoms with van der Waals surface area (Å²) in [6.07, 6.45) is 1.05. The van der Waals surface area contributed by atoms with Crippen molar-refractivity contribution in [1.82, 2.24) is 5.32 Å². The fourth-order valence-electron chi connectivity index (χ4n) is 2.61. The average molecular weight is 355 g/mol. The molecule has 2 aromatic carbocycles.